The molecule has 1 atom stereocenters. The van der Waals surface area contributed by atoms with Crippen molar-refractivity contribution in [3.63, 3.8) is 0 Å². The SMILES string of the molecule is CC(C)(C)OC(=O)NC(C(=O)NO)c1ccc(-c2cccnc2)cc1. The van der Waals surface area contributed by atoms with Crippen molar-refractivity contribution in [2.24, 2.45) is 0 Å². The number of hydrogen-bond donors (Lipinski definition) is 3. The van der Waals surface area contributed by atoms with Crippen molar-refractivity contribution in [1.82, 2.24) is 15.8 Å². The zero-order valence-electron chi connectivity index (χ0n) is 14.3. The molecule has 7 heteroatoms. The topological polar surface area (TPSA) is 101 Å². The molecular weight excluding hydrogens is 322 g/mol. The quantitative estimate of drug-likeness (QED) is 0.585. The molecule has 2 aromatic rings. The number of hydroxylamine groups is 1. The summed E-state index contributed by atoms with van der Waals surface area (Å²) >= 11 is 0. The molecule has 2 amide bonds. The number of carbonyl (C=O) groups excluding carboxylic acids is 2. The molecule has 0 fully saturated rings. The largest absolute Gasteiger partial charge is 0.444 e. The lowest BCUT2D eigenvalue weighted by atomic mass is 10.0. The summed E-state index contributed by atoms with van der Waals surface area (Å²) in [6.45, 7) is 5.16. The van der Waals surface area contributed by atoms with Crippen LogP contribution in [-0.2, 0) is 9.53 Å². The molecule has 0 spiro atoms. The van der Waals surface area contributed by atoms with Crippen LogP contribution in [0.25, 0.3) is 11.1 Å². The van der Waals surface area contributed by atoms with Gasteiger partial charge in [0.1, 0.15) is 11.6 Å². The molecule has 2 rings (SSSR count). The first kappa shape index (κ1) is 18.4. The van der Waals surface area contributed by atoms with Crippen molar-refractivity contribution in [3.8, 4) is 11.1 Å². The van der Waals surface area contributed by atoms with E-state index in [1.54, 1.807) is 62.9 Å². The summed E-state index contributed by atoms with van der Waals surface area (Å²) in [6.07, 6.45) is 2.66. The molecule has 1 aromatic heterocycles. The first-order chi connectivity index (χ1) is 11.8. The van der Waals surface area contributed by atoms with Gasteiger partial charge in [0.2, 0.25) is 0 Å². The Bertz CT molecular complexity index is 724. The Kier molecular flexibility index (Phi) is 5.71. The second-order valence-corrected chi connectivity index (χ2v) is 6.42. The average molecular weight is 343 g/mol. The number of nitrogens with one attached hydrogen (secondary N) is 2. The third-order valence-electron chi connectivity index (χ3n) is 3.27. The van der Waals surface area contributed by atoms with E-state index >= 15 is 0 Å². The first-order valence-corrected chi connectivity index (χ1v) is 7.74. The van der Waals surface area contributed by atoms with E-state index in [0.29, 0.717) is 5.56 Å². The van der Waals surface area contributed by atoms with Gasteiger partial charge in [-0.1, -0.05) is 30.3 Å². The van der Waals surface area contributed by atoms with Gasteiger partial charge in [0.05, 0.1) is 0 Å². The fraction of sp³-hybridized carbons (Fsp3) is 0.278. The van der Waals surface area contributed by atoms with Gasteiger partial charge in [0.25, 0.3) is 5.91 Å². The van der Waals surface area contributed by atoms with Crippen LogP contribution in [0.3, 0.4) is 0 Å². The number of nitrogens with zero attached hydrogens (tertiary/aromatic N) is 1. The Morgan fingerprint density at radius 3 is 2.32 bits per heavy atom. The molecule has 0 saturated heterocycles. The van der Waals surface area contributed by atoms with Crippen molar-refractivity contribution >= 4 is 12.0 Å². The number of carbonyl (C=O) groups is 2. The molecule has 0 aliphatic carbocycles. The molecule has 0 aliphatic rings. The second kappa shape index (κ2) is 7.76. The number of rotatable bonds is 4. The van der Waals surface area contributed by atoms with Crippen molar-refractivity contribution in [2.75, 3.05) is 0 Å². The van der Waals surface area contributed by atoms with Gasteiger partial charge in [-0.3, -0.25) is 15.0 Å². The highest BCUT2D eigenvalue weighted by Gasteiger charge is 2.25. The Labute approximate surface area is 146 Å². The maximum absolute atomic E-state index is 11.9. The van der Waals surface area contributed by atoms with Gasteiger partial charge >= 0.3 is 6.09 Å². The molecule has 1 heterocycles. The molecule has 132 valence electrons. The summed E-state index contributed by atoms with van der Waals surface area (Å²) in [5.74, 6) is -0.764. The van der Waals surface area contributed by atoms with E-state index in [9.17, 15) is 9.59 Å². The lowest BCUT2D eigenvalue weighted by molar-refractivity contribution is -0.131. The minimum absolute atomic E-state index is 0.505. The monoisotopic (exact) mass is 343 g/mol. The number of aromatic nitrogens is 1. The van der Waals surface area contributed by atoms with Crippen LogP contribution in [0.15, 0.2) is 48.8 Å². The molecular formula is C18H21N3O4. The second-order valence-electron chi connectivity index (χ2n) is 6.42. The summed E-state index contributed by atoms with van der Waals surface area (Å²) in [6, 6.07) is 9.66. The summed E-state index contributed by atoms with van der Waals surface area (Å²) < 4.78 is 5.16. The molecule has 0 aliphatic heterocycles. The minimum Gasteiger partial charge on any atom is -0.444 e. The number of alkyl carbamates (subject to hydrolysis) is 1. The summed E-state index contributed by atoms with van der Waals surface area (Å²) in [5, 5.41) is 11.4. The van der Waals surface area contributed by atoms with Crippen LogP contribution in [0.2, 0.25) is 0 Å². The van der Waals surface area contributed by atoms with Crippen molar-refractivity contribution in [3.05, 3.63) is 54.4 Å². The Balaban J connectivity index is 2.20. The maximum Gasteiger partial charge on any atom is 0.408 e. The Morgan fingerprint density at radius 2 is 1.80 bits per heavy atom. The lowest BCUT2D eigenvalue weighted by Gasteiger charge is -2.23. The van der Waals surface area contributed by atoms with E-state index < -0.39 is 23.6 Å². The lowest BCUT2D eigenvalue weighted by Crippen LogP contribution is -2.41. The molecule has 0 bridgehead atoms. The smallest absolute Gasteiger partial charge is 0.408 e. The van der Waals surface area contributed by atoms with E-state index in [-0.39, 0.29) is 0 Å². The van der Waals surface area contributed by atoms with Crippen LogP contribution in [0.5, 0.6) is 0 Å². The molecule has 0 radical (unpaired) electrons. The summed E-state index contributed by atoms with van der Waals surface area (Å²) in [7, 11) is 0. The van der Waals surface area contributed by atoms with E-state index in [1.807, 2.05) is 12.1 Å². The minimum atomic E-state index is -1.08. The Morgan fingerprint density at radius 1 is 1.12 bits per heavy atom. The van der Waals surface area contributed by atoms with E-state index in [0.717, 1.165) is 11.1 Å². The number of ether oxygens (including phenoxy) is 1. The van der Waals surface area contributed by atoms with E-state index in [1.165, 1.54) is 0 Å². The highest BCUT2D eigenvalue weighted by atomic mass is 16.6. The van der Waals surface area contributed by atoms with Crippen molar-refractivity contribution in [1.29, 1.82) is 0 Å². The van der Waals surface area contributed by atoms with Gasteiger partial charge < -0.3 is 10.1 Å². The maximum atomic E-state index is 11.9. The summed E-state index contributed by atoms with van der Waals surface area (Å²) in [5.41, 5.74) is 3.21. The number of hydrogen-bond acceptors (Lipinski definition) is 5. The standard InChI is InChI=1S/C18H21N3O4/c1-18(2,3)25-17(23)20-15(16(22)21-24)13-8-6-12(7-9-13)14-5-4-10-19-11-14/h4-11,15,24H,1-3H3,(H,20,23)(H,21,22). The van der Waals surface area contributed by atoms with Gasteiger partial charge in [-0.25, -0.2) is 10.3 Å². The zero-order valence-corrected chi connectivity index (χ0v) is 14.3. The number of benzene rings is 1. The number of amides is 2. The van der Waals surface area contributed by atoms with Crippen molar-refractivity contribution < 1.29 is 19.5 Å². The van der Waals surface area contributed by atoms with Gasteiger partial charge in [0, 0.05) is 12.4 Å². The van der Waals surface area contributed by atoms with Crippen LogP contribution in [-0.4, -0.2) is 27.8 Å². The van der Waals surface area contributed by atoms with Crippen LogP contribution < -0.4 is 10.8 Å². The zero-order chi connectivity index (χ0) is 18.4. The third kappa shape index (κ3) is 5.29. The molecule has 0 saturated carbocycles. The fourth-order valence-electron chi connectivity index (χ4n) is 2.19. The predicted octanol–water partition coefficient (Wildman–Crippen LogP) is 2.82. The molecule has 1 aromatic carbocycles. The fourth-order valence-corrected chi connectivity index (χ4v) is 2.19. The molecule has 1 unspecified atom stereocenters. The average Bonchev–Trinajstić information content (AvgIpc) is 2.58. The summed E-state index contributed by atoms with van der Waals surface area (Å²) in [4.78, 5) is 27.9. The van der Waals surface area contributed by atoms with Gasteiger partial charge in [-0.05, 0) is 43.5 Å². The van der Waals surface area contributed by atoms with Gasteiger partial charge in [-0.15, -0.1) is 0 Å². The van der Waals surface area contributed by atoms with E-state index in [4.69, 9.17) is 9.94 Å². The van der Waals surface area contributed by atoms with Crippen LogP contribution in [0.4, 0.5) is 4.79 Å². The molecule has 25 heavy (non-hydrogen) atoms. The van der Waals surface area contributed by atoms with Crippen LogP contribution in [0.1, 0.15) is 32.4 Å². The molecule has 3 N–H and O–H groups in total. The third-order valence-corrected chi connectivity index (χ3v) is 3.27. The number of pyridine rings is 1. The van der Waals surface area contributed by atoms with Crippen LogP contribution in [0, 0.1) is 0 Å². The normalized spacial score (nSPS) is 12.2. The Hall–Kier alpha value is -2.93. The van der Waals surface area contributed by atoms with Gasteiger partial charge in [0.15, 0.2) is 0 Å². The predicted molar refractivity (Wildman–Crippen MR) is 91.7 cm³/mol. The van der Waals surface area contributed by atoms with Crippen molar-refractivity contribution in [2.45, 2.75) is 32.4 Å². The van der Waals surface area contributed by atoms with E-state index in [2.05, 4.69) is 10.3 Å². The highest BCUT2D eigenvalue weighted by molar-refractivity contribution is 5.86. The van der Waals surface area contributed by atoms with Crippen LogP contribution >= 0.6 is 0 Å². The molecule has 7 nitrogen and oxygen atoms in total. The highest BCUT2D eigenvalue weighted by Crippen LogP contribution is 2.22. The van der Waals surface area contributed by atoms with Gasteiger partial charge in [-0.2, -0.15) is 0 Å². The first-order valence-electron chi connectivity index (χ1n) is 7.74.